The second-order valence-electron chi connectivity index (χ2n) is 2.71. The van der Waals surface area contributed by atoms with E-state index in [1.165, 1.54) is 0 Å². The minimum atomic E-state index is 0.350. The number of nitrogens with one attached hydrogen (secondary N) is 1. The van der Waals surface area contributed by atoms with E-state index in [2.05, 4.69) is 44.1 Å². The van der Waals surface area contributed by atoms with Crippen molar-refractivity contribution in [3.63, 3.8) is 0 Å². The van der Waals surface area contributed by atoms with Crippen LogP contribution in [0.2, 0.25) is 0 Å². The summed E-state index contributed by atoms with van der Waals surface area (Å²) < 4.78 is 7.03. The van der Waals surface area contributed by atoms with E-state index in [9.17, 15) is 0 Å². The van der Waals surface area contributed by atoms with E-state index in [0.29, 0.717) is 6.04 Å². The summed E-state index contributed by atoms with van der Waals surface area (Å²) in [6.07, 6.45) is 3.98. The fourth-order valence-electron chi connectivity index (χ4n) is 0.781. The van der Waals surface area contributed by atoms with E-state index in [1.807, 2.05) is 25.3 Å². The molecule has 0 radical (unpaired) electrons. The lowest BCUT2D eigenvalue weighted by molar-refractivity contribution is 0.529. The van der Waals surface area contributed by atoms with Crippen LogP contribution in [0, 0.1) is 0 Å². The van der Waals surface area contributed by atoms with E-state index in [-0.39, 0.29) is 0 Å². The average Bonchev–Trinajstić information content (AvgIpc) is 2.42. The Morgan fingerprint density at radius 1 is 1.54 bits per heavy atom. The zero-order valence-electron chi connectivity index (χ0n) is 7.47. The molecular weight excluding hydrogens is 298 g/mol. The van der Waals surface area contributed by atoms with Gasteiger partial charge in [-0.25, -0.2) is 0 Å². The molecule has 4 heteroatoms. The SMILES string of the molecule is CNC(C)/C=C/c1cc(Br)c(Br)o1. The van der Waals surface area contributed by atoms with Crippen LogP contribution in [0.3, 0.4) is 0 Å². The first-order valence-corrected chi connectivity index (χ1v) is 5.52. The molecule has 0 aliphatic carbocycles. The molecule has 0 amide bonds. The van der Waals surface area contributed by atoms with Gasteiger partial charge in [-0.05, 0) is 58.0 Å². The molecule has 0 bridgehead atoms. The average molecular weight is 309 g/mol. The number of likely N-dealkylation sites (N-methyl/N-ethyl adjacent to an activating group) is 1. The Labute approximate surface area is 94.6 Å². The molecule has 0 spiro atoms. The van der Waals surface area contributed by atoms with Crippen molar-refractivity contribution >= 4 is 37.9 Å². The van der Waals surface area contributed by atoms with Gasteiger partial charge in [-0.1, -0.05) is 6.08 Å². The smallest absolute Gasteiger partial charge is 0.184 e. The summed E-state index contributed by atoms with van der Waals surface area (Å²) in [4.78, 5) is 0. The minimum absolute atomic E-state index is 0.350. The highest BCUT2D eigenvalue weighted by Crippen LogP contribution is 2.27. The van der Waals surface area contributed by atoms with Crippen LogP contribution in [0.25, 0.3) is 6.08 Å². The minimum Gasteiger partial charge on any atom is -0.449 e. The molecule has 1 N–H and O–H groups in total. The zero-order chi connectivity index (χ0) is 9.84. The van der Waals surface area contributed by atoms with Crippen molar-refractivity contribution in [3.8, 4) is 0 Å². The monoisotopic (exact) mass is 307 g/mol. The van der Waals surface area contributed by atoms with Gasteiger partial charge < -0.3 is 9.73 Å². The third kappa shape index (κ3) is 3.29. The van der Waals surface area contributed by atoms with Crippen molar-refractivity contribution in [2.24, 2.45) is 0 Å². The Morgan fingerprint density at radius 2 is 2.23 bits per heavy atom. The van der Waals surface area contributed by atoms with Crippen LogP contribution in [0.5, 0.6) is 0 Å². The Kier molecular flexibility index (Phi) is 4.22. The highest BCUT2D eigenvalue weighted by Gasteiger charge is 2.02. The predicted octanol–water partition coefficient (Wildman–Crippen LogP) is 3.43. The van der Waals surface area contributed by atoms with E-state index >= 15 is 0 Å². The molecule has 1 rings (SSSR count). The highest BCUT2D eigenvalue weighted by atomic mass is 79.9. The molecule has 1 atom stereocenters. The molecular formula is C9H11Br2NO. The fraction of sp³-hybridized carbons (Fsp3) is 0.333. The van der Waals surface area contributed by atoms with Gasteiger partial charge in [-0.2, -0.15) is 0 Å². The van der Waals surface area contributed by atoms with Gasteiger partial charge in [0.2, 0.25) is 0 Å². The van der Waals surface area contributed by atoms with Gasteiger partial charge in [-0.3, -0.25) is 0 Å². The summed E-state index contributed by atoms with van der Waals surface area (Å²) in [5, 5.41) is 3.10. The summed E-state index contributed by atoms with van der Waals surface area (Å²) in [7, 11) is 1.92. The molecule has 1 heterocycles. The molecule has 1 aromatic rings. The maximum atomic E-state index is 5.36. The van der Waals surface area contributed by atoms with Crippen molar-refractivity contribution in [2.75, 3.05) is 7.05 Å². The van der Waals surface area contributed by atoms with Crippen LogP contribution in [0.4, 0.5) is 0 Å². The first-order chi connectivity index (χ1) is 6.13. The number of furan rings is 1. The van der Waals surface area contributed by atoms with Gasteiger partial charge in [0.05, 0.1) is 4.47 Å². The lowest BCUT2D eigenvalue weighted by Crippen LogP contribution is -2.17. The number of halogens is 2. The van der Waals surface area contributed by atoms with Gasteiger partial charge in [0.15, 0.2) is 4.67 Å². The molecule has 72 valence electrons. The predicted molar refractivity (Wildman–Crippen MR) is 61.7 cm³/mol. The van der Waals surface area contributed by atoms with E-state index < -0.39 is 0 Å². The van der Waals surface area contributed by atoms with Crippen LogP contribution < -0.4 is 5.32 Å². The third-order valence-corrected chi connectivity index (χ3v) is 3.38. The molecule has 13 heavy (non-hydrogen) atoms. The van der Waals surface area contributed by atoms with Crippen molar-refractivity contribution in [1.29, 1.82) is 0 Å². The highest BCUT2D eigenvalue weighted by molar-refractivity contribution is 9.13. The van der Waals surface area contributed by atoms with Crippen LogP contribution in [0.1, 0.15) is 12.7 Å². The maximum absolute atomic E-state index is 5.36. The van der Waals surface area contributed by atoms with Crippen molar-refractivity contribution in [1.82, 2.24) is 5.32 Å². The van der Waals surface area contributed by atoms with Gasteiger partial charge in [-0.15, -0.1) is 0 Å². The Balaban J connectivity index is 2.69. The Hall–Kier alpha value is -0.0600. The van der Waals surface area contributed by atoms with Crippen LogP contribution >= 0.6 is 31.9 Å². The fourth-order valence-corrected chi connectivity index (χ4v) is 1.39. The molecule has 0 saturated carbocycles. The molecule has 0 aromatic carbocycles. The molecule has 0 fully saturated rings. The molecule has 0 saturated heterocycles. The second-order valence-corrected chi connectivity index (χ2v) is 4.28. The lowest BCUT2D eigenvalue weighted by atomic mass is 10.3. The molecule has 0 aliphatic rings. The van der Waals surface area contributed by atoms with Crippen molar-refractivity contribution in [2.45, 2.75) is 13.0 Å². The zero-order valence-corrected chi connectivity index (χ0v) is 10.6. The van der Waals surface area contributed by atoms with E-state index in [4.69, 9.17) is 4.42 Å². The normalized spacial score (nSPS) is 13.8. The summed E-state index contributed by atoms with van der Waals surface area (Å²) in [6, 6.07) is 2.27. The molecule has 2 nitrogen and oxygen atoms in total. The Morgan fingerprint density at radius 3 is 2.69 bits per heavy atom. The van der Waals surface area contributed by atoms with Crippen molar-refractivity contribution in [3.05, 3.63) is 27.0 Å². The Bertz CT molecular complexity index is 287. The van der Waals surface area contributed by atoms with Gasteiger partial charge in [0.1, 0.15) is 5.76 Å². The lowest BCUT2D eigenvalue weighted by Gasteiger charge is -2.00. The van der Waals surface area contributed by atoms with Crippen molar-refractivity contribution < 1.29 is 4.42 Å². The van der Waals surface area contributed by atoms with E-state index in [0.717, 1.165) is 14.9 Å². The largest absolute Gasteiger partial charge is 0.449 e. The summed E-state index contributed by atoms with van der Waals surface area (Å²) in [6.45, 7) is 2.07. The molecule has 1 unspecified atom stereocenters. The standard InChI is InChI=1S/C9H11Br2NO/c1-6(12-2)3-4-7-5-8(10)9(11)13-7/h3-6,12H,1-2H3/b4-3+. The number of hydrogen-bond acceptors (Lipinski definition) is 2. The van der Waals surface area contributed by atoms with Gasteiger partial charge in [0.25, 0.3) is 0 Å². The summed E-state index contributed by atoms with van der Waals surface area (Å²) >= 11 is 6.63. The number of rotatable bonds is 3. The third-order valence-electron chi connectivity index (χ3n) is 1.67. The van der Waals surface area contributed by atoms with Crippen LogP contribution in [-0.2, 0) is 0 Å². The van der Waals surface area contributed by atoms with Crippen LogP contribution in [-0.4, -0.2) is 13.1 Å². The van der Waals surface area contributed by atoms with Crippen LogP contribution in [0.15, 0.2) is 25.7 Å². The van der Waals surface area contributed by atoms with Gasteiger partial charge in [0, 0.05) is 6.04 Å². The first kappa shape index (κ1) is 11.0. The quantitative estimate of drug-likeness (QED) is 0.925. The molecule has 1 aromatic heterocycles. The maximum Gasteiger partial charge on any atom is 0.184 e. The first-order valence-electron chi connectivity index (χ1n) is 3.93. The number of hydrogen-bond donors (Lipinski definition) is 1. The summed E-state index contributed by atoms with van der Waals surface area (Å²) in [5.41, 5.74) is 0. The molecule has 0 aliphatic heterocycles. The van der Waals surface area contributed by atoms with E-state index in [1.54, 1.807) is 0 Å². The van der Waals surface area contributed by atoms with Gasteiger partial charge >= 0.3 is 0 Å². The summed E-state index contributed by atoms with van der Waals surface area (Å²) in [5.74, 6) is 0.834. The second kappa shape index (κ2) is 4.98. The topological polar surface area (TPSA) is 25.2 Å².